The highest BCUT2D eigenvalue weighted by molar-refractivity contribution is 7.47. The highest BCUT2D eigenvalue weighted by Crippen LogP contribution is 2.43. The minimum Gasteiger partial charge on any atom is -0.391 e. The van der Waals surface area contributed by atoms with E-state index in [1.807, 2.05) is 21.1 Å². The molecule has 0 aliphatic rings. The van der Waals surface area contributed by atoms with Gasteiger partial charge in [-0.15, -0.1) is 0 Å². The number of phosphoric ester groups is 1. The van der Waals surface area contributed by atoms with Crippen LogP contribution in [0.3, 0.4) is 0 Å². The summed E-state index contributed by atoms with van der Waals surface area (Å²) in [4.78, 5) is 23.2. The molecular weight excluding hydrogens is 840 g/mol. The van der Waals surface area contributed by atoms with Crippen LogP contribution in [0.4, 0.5) is 0 Å². The summed E-state index contributed by atoms with van der Waals surface area (Å²) >= 11 is 0. The van der Waals surface area contributed by atoms with E-state index in [2.05, 4.69) is 67.8 Å². The molecule has 0 saturated carbocycles. The van der Waals surface area contributed by atoms with Crippen LogP contribution in [-0.2, 0) is 18.4 Å². The molecule has 0 aromatic rings. The zero-order valence-corrected chi connectivity index (χ0v) is 45.1. The van der Waals surface area contributed by atoms with Gasteiger partial charge in [-0.05, 0) is 51.4 Å². The molecule has 1 amide bonds. The molecular formula is C57H110N2O6P+. The molecule has 0 aromatic heterocycles. The van der Waals surface area contributed by atoms with Crippen molar-refractivity contribution in [3.8, 4) is 0 Å². The van der Waals surface area contributed by atoms with Gasteiger partial charge < -0.3 is 19.8 Å². The number of hydrogen-bond acceptors (Lipinski definition) is 5. The first kappa shape index (κ1) is 64.5. The van der Waals surface area contributed by atoms with Gasteiger partial charge >= 0.3 is 7.82 Å². The van der Waals surface area contributed by atoms with Crippen molar-refractivity contribution in [1.29, 1.82) is 0 Å². The zero-order valence-electron chi connectivity index (χ0n) is 44.2. The highest BCUT2D eigenvalue weighted by Gasteiger charge is 2.28. The minimum atomic E-state index is -4.33. The number of rotatable bonds is 51. The number of nitrogens with one attached hydrogen (secondary N) is 1. The maximum Gasteiger partial charge on any atom is 0.472 e. The largest absolute Gasteiger partial charge is 0.472 e. The second-order valence-corrected chi connectivity index (χ2v) is 21.7. The molecule has 0 aliphatic carbocycles. The van der Waals surface area contributed by atoms with E-state index >= 15 is 0 Å². The lowest BCUT2D eigenvalue weighted by molar-refractivity contribution is -0.870. The third-order valence-electron chi connectivity index (χ3n) is 12.6. The Labute approximate surface area is 409 Å². The summed E-state index contributed by atoms with van der Waals surface area (Å²) in [5.41, 5.74) is 0. The molecule has 0 heterocycles. The number of likely N-dealkylation sites (N-methyl/N-ethyl adjacent to an activating group) is 1. The first-order valence-electron chi connectivity index (χ1n) is 28.0. The Morgan fingerprint density at radius 1 is 0.530 bits per heavy atom. The Balaban J connectivity index is 4.12. The van der Waals surface area contributed by atoms with Crippen molar-refractivity contribution in [3.63, 3.8) is 0 Å². The average Bonchev–Trinajstić information content (AvgIpc) is 3.28. The van der Waals surface area contributed by atoms with Crippen LogP contribution in [0.2, 0.25) is 0 Å². The molecule has 66 heavy (non-hydrogen) atoms. The Bertz CT molecular complexity index is 1210. The molecule has 9 heteroatoms. The van der Waals surface area contributed by atoms with E-state index in [-0.39, 0.29) is 19.1 Å². The van der Waals surface area contributed by atoms with Crippen molar-refractivity contribution in [2.45, 2.75) is 270 Å². The number of phosphoric acid groups is 1. The van der Waals surface area contributed by atoms with Crippen LogP contribution >= 0.6 is 7.82 Å². The quantitative estimate of drug-likeness (QED) is 0.0243. The molecule has 388 valence electrons. The minimum absolute atomic E-state index is 0.0653. The molecule has 3 atom stereocenters. The van der Waals surface area contributed by atoms with Gasteiger partial charge in [0.2, 0.25) is 5.91 Å². The molecule has 3 unspecified atom stereocenters. The summed E-state index contributed by atoms with van der Waals surface area (Å²) in [5, 5.41) is 14.0. The van der Waals surface area contributed by atoms with Gasteiger partial charge in [-0.3, -0.25) is 13.8 Å². The number of carbonyl (C=O) groups excluding carboxylic acids is 1. The lowest BCUT2D eigenvalue weighted by atomic mass is 10.0. The van der Waals surface area contributed by atoms with Gasteiger partial charge in [-0.25, -0.2) is 4.57 Å². The van der Waals surface area contributed by atoms with E-state index in [4.69, 9.17) is 9.05 Å². The lowest BCUT2D eigenvalue weighted by Gasteiger charge is -2.26. The predicted octanol–water partition coefficient (Wildman–Crippen LogP) is 16.8. The van der Waals surface area contributed by atoms with Gasteiger partial charge in [-0.1, -0.05) is 249 Å². The summed E-state index contributed by atoms with van der Waals surface area (Å²) in [5.74, 6) is -0.183. The maximum absolute atomic E-state index is 12.9. The number of aliphatic hydroxyl groups is 1. The molecule has 0 bridgehead atoms. The van der Waals surface area contributed by atoms with Gasteiger partial charge in [-0.2, -0.15) is 0 Å². The van der Waals surface area contributed by atoms with Gasteiger partial charge in [0.05, 0.1) is 39.9 Å². The second kappa shape index (κ2) is 48.5. The van der Waals surface area contributed by atoms with E-state index in [1.165, 1.54) is 167 Å². The van der Waals surface area contributed by atoms with Crippen molar-refractivity contribution in [3.05, 3.63) is 48.6 Å². The molecule has 0 rings (SSSR count). The molecule has 0 aliphatic heterocycles. The molecule has 0 aromatic carbocycles. The van der Waals surface area contributed by atoms with Gasteiger partial charge in [0.15, 0.2) is 0 Å². The summed E-state index contributed by atoms with van der Waals surface area (Å²) in [6.07, 6.45) is 63.3. The summed E-state index contributed by atoms with van der Waals surface area (Å²) < 4.78 is 23.7. The van der Waals surface area contributed by atoms with Crippen LogP contribution in [0, 0.1) is 0 Å². The van der Waals surface area contributed by atoms with Crippen LogP contribution in [-0.4, -0.2) is 73.4 Å². The fraction of sp³-hybridized carbons (Fsp3) is 0.842. The van der Waals surface area contributed by atoms with Gasteiger partial charge in [0, 0.05) is 6.42 Å². The molecule has 0 saturated heterocycles. The third-order valence-corrected chi connectivity index (χ3v) is 13.6. The molecule has 0 spiro atoms. The monoisotopic (exact) mass is 950 g/mol. The van der Waals surface area contributed by atoms with Crippen LogP contribution < -0.4 is 5.32 Å². The van der Waals surface area contributed by atoms with Crippen molar-refractivity contribution >= 4 is 13.7 Å². The van der Waals surface area contributed by atoms with Crippen molar-refractivity contribution in [2.24, 2.45) is 0 Å². The summed E-state index contributed by atoms with van der Waals surface area (Å²) in [7, 11) is 1.59. The van der Waals surface area contributed by atoms with E-state index in [9.17, 15) is 19.4 Å². The van der Waals surface area contributed by atoms with Crippen LogP contribution in [0.25, 0.3) is 0 Å². The van der Waals surface area contributed by atoms with Gasteiger partial charge in [0.1, 0.15) is 13.2 Å². The first-order valence-corrected chi connectivity index (χ1v) is 29.5. The molecule has 0 fully saturated rings. The fourth-order valence-electron chi connectivity index (χ4n) is 8.22. The first-order chi connectivity index (χ1) is 32.0. The number of hydrogen-bond donors (Lipinski definition) is 3. The Morgan fingerprint density at radius 2 is 0.909 bits per heavy atom. The summed E-state index contributed by atoms with van der Waals surface area (Å²) in [6, 6.07) is -0.784. The van der Waals surface area contributed by atoms with Crippen molar-refractivity contribution < 1.29 is 32.9 Å². The average molecular weight is 950 g/mol. The lowest BCUT2D eigenvalue weighted by Crippen LogP contribution is -2.46. The topological polar surface area (TPSA) is 105 Å². The predicted molar refractivity (Wildman–Crippen MR) is 286 cm³/mol. The van der Waals surface area contributed by atoms with E-state index < -0.39 is 20.0 Å². The normalized spacial score (nSPS) is 14.3. The van der Waals surface area contributed by atoms with E-state index in [1.54, 1.807) is 0 Å². The number of carbonyl (C=O) groups is 1. The summed E-state index contributed by atoms with van der Waals surface area (Å²) in [6.45, 7) is 4.76. The zero-order chi connectivity index (χ0) is 48.5. The fourth-order valence-corrected chi connectivity index (χ4v) is 8.95. The van der Waals surface area contributed by atoms with Crippen molar-refractivity contribution in [1.82, 2.24) is 5.32 Å². The second-order valence-electron chi connectivity index (χ2n) is 20.3. The number of amides is 1. The smallest absolute Gasteiger partial charge is 0.391 e. The number of unbranched alkanes of at least 4 members (excludes halogenated alkanes) is 30. The molecule has 0 radical (unpaired) electrons. The highest BCUT2D eigenvalue weighted by atomic mass is 31.2. The SMILES string of the molecule is CC/C=C\C/C=C\C/C=C\C/C=C\CCCCC(=O)NC(COP(=O)(O)OCC[N+](C)(C)C)C(O)CCCCCCCCCCCCCCCCCCCCCCCCCCCCCCC. The van der Waals surface area contributed by atoms with Crippen molar-refractivity contribution in [2.75, 3.05) is 40.9 Å². The Hall–Kier alpha value is -1.54. The maximum atomic E-state index is 12.9. The van der Waals surface area contributed by atoms with E-state index in [0.29, 0.717) is 23.9 Å². The van der Waals surface area contributed by atoms with Crippen LogP contribution in [0.15, 0.2) is 48.6 Å². The standard InChI is InChI=1S/C57H109N2O6P/c1-6-8-10-12-14-16-18-20-22-23-24-25-26-27-28-29-30-31-32-33-34-35-37-38-40-42-44-46-48-50-56(60)55(54-65-66(62,63)64-53-52-59(3,4)5)58-57(61)51-49-47-45-43-41-39-36-21-19-17-15-13-11-9-7-2/h9,11,15,17,21,36,41,43,55-56,60H,6-8,10,12-14,16,18-20,22-35,37-40,42,44-54H2,1-5H3,(H-,58,61,62,63)/p+1/b11-9-,17-15-,36-21-,43-41-. The Morgan fingerprint density at radius 3 is 1.30 bits per heavy atom. The van der Waals surface area contributed by atoms with E-state index in [0.717, 1.165) is 64.2 Å². The number of allylic oxidation sites excluding steroid dienone is 8. The van der Waals surface area contributed by atoms with Crippen LogP contribution in [0.5, 0.6) is 0 Å². The third kappa shape index (κ3) is 50.3. The Kier molecular flexibility index (Phi) is 47.4. The number of quaternary nitrogens is 1. The number of nitrogens with zero attached hydrogens (tertiary/aromatic N) is 1. The number of aliphatic hydroxyl groups excluding tert-OH is 1. The molecule has 3 N–H and O–H groups in total. The molecule has 8 nitrogen and oxygen atoms in total. The van der Waals surface area contributed by atoms with Gasteiger partial charge in [0.25, 0.3) is 0 Å². The van der Waals surface area contributed by atoms with Crippen LogP contribution in [0.1, 0.15) is 258 Å².